The minimum atomic E-state index is 0.223. The third-order valence-electron chi connectivity index (χ3n) is 3.74. The van der Waals surface area contributed by atoms with E-state index in [2.05, 4.69) is 20.2 Å². The molecule has 0 aromatic carbocycles. The second-order valence-electron chi connectivity index (χ2n) is 5.35. The van der Waals surface area contributed by atoms with Crippen LogP contribution >= 0.6 is 0 Å². The standard InChI is InChI=1S/C14H15N5O2/c1-8-5-9(2)19-13(16-8)11(6-15-19)14-17-12(18-21-14)10-3-4-20-7-10/h5-6,10H,3-4,7H2,1-2H3. The zero-order chi connectivity index (χ0) is 14.4. The summed E-state index contributed by atoms with van der Waals surface area (Å²) in [6.07, 6.45) is 2.65. The summed E-state index contributed by atoms with van der Waals surface area (Å²) >= 11 is 0. The van der Waals surface area contributed by atoms with Gasteiger partial charge in [0.2, 0.25) is 0 Å². The summed E-state index contributed by atoms with van der Waals surface area (Å²) in [4.78, 5) is 9.02. The van der Waals surface area contributed by atoms with Crippen molar-refractivity contribution < 1.29 is 9.26 Å². The van der Waals surface area contributed by atoms with Gasteiger partial charge in [0.05, 0.1) is 12.8 Å². The molecule has 108 valence electrons. The van der Waals surface area contributed by atoms with Crippen molar-refractivity contribution in [2.75, 3.05) is 13.2 Å². The van der Waals surface area contributed by atoms with Crippen LogP contribution in [0.2, 0.25) is 0 Å². The SMILES string of the molecule is Cc1cc(C)n2ncc(-c3nc(C4CCOC4)no3)c2n1. The molecule has 1 unspecified atom stereocenters. The molecule has 0 saturated carbocycles. The van der Waals surface area contributed by atoms with Gasteiger partial charge in [-0.1, -0.05) is 5.16 Å². The maximum Gasteiger partial charge on any atom is 0.263 e. The van der Waals surface area contributed by atoms with E-state index in [-0.39, 0.29) is 5.92 Å². The van der Waals surface area contributed by atoms with Crippen LogP contribution in [-0.2, 0) is 4.74 Å². The molecule has 3 aromatic rings. The number of nitrogens with zero attached hydrogens (tertiary/aromatic N) is 5. The minimum absolute atomic E-state index is 0.223. The minimum Gasteiger partial charge on any atom is -0.381 e. The Morgan fingerprint density at radius 2 is 2.19 bits per heavy atom. The number of rotatable bonds is 2. The highest BCUT2D eigenvalue weighted by atomic mass is 16.5. The predicted octanol–water partition coefficient (Wildman–Crippen LogP) is 1.90. The van der Waals surface area contributed by atoms with Crippen molar-refractivity contribution in [2.24, 2.45) is 0 Å². The molecule has 3 aromatic heterocycles. The van der Waals surface area contributed by atoms with Crippen molar-refractivity contribution >= 4 is 5.65 Å². The molecule has 0 N–H and O–H groups in total. The normalized spacial score (nSPS) is 18.7. The van der Waals surface area contributed by atoms with Crippen molar-refractivity contribution in [1.82, 2.24) is 24.7 Å². The average Bonchev–Trinajstić information content (AvgIpc) is 3.18. The van der Waals surface area contributed by atoms with Crippen LogP contribution in [0.3, 0.4) is 0 Å². The fraction of sp³-hybridized carbons (Fsp3) is 0.429. The van der Waals surface area contributed by atoms with Gasteiger partial charge in [-0.15, -0.1) is 0 Å². The number of ether oxygens (including phenoxy) is 1. The van der Waals surface area contributed by atoms with Gasteiger partial charge in [0.25, 0.3) is 5.89 Å². The first-order valence-electron chi connectivity index (χ1n) is 6.96. The first kappa shape index (κ1) is 12.5. The summed E-state index contributed by atoms with van der Waals surface area (Å²) in [7, 11) is 0. The molecule has 1 aliphatic heterocycles. The van der Waals surface area contributed by atoms with E-state index in [4.69, 9.17) is 9.26 Å². The number of aromatic nitrogens is 5. The Labute approximate surface area is 120 Å². The summed E-state index contributed by atoms with van der Waals surface area (Å²) in [5, 5.41) is 8.42. The molecule has 21 heavy (non-hydrogen) atoms. The van der Waals surface area contributed by atoms with Crippen LogP contribution in [-0.4, -0.2) is 38.0 Å². The quantitative estimate of drug-likeness (QED) is 0.715. The molecule has 0 aliphatic carbocycles. The van der Waals surface area contributed by atoms with Crippen LogP contribution in [0.25, 0.3) is 17.1 Å². The van der Waals surface area contributed by atoms with Crippen LogP contribution < -0.4 is 0 Å². The highest BCUT2D eigenvalue weighted by Gasteiger charge is 2.24. The molecule has 0 radical (unpaired) electrons. The zero-order valence-corrected chi connectivity index (χ0v) is 11.9. The first-order chi connectivity index (χ1) is 10.2. The lowest BCUT2D eigenvalue weighted by molar-refractivity contribution is 0.192. The Morgan fingerprint density at radius 3 is 3.00 bits per heavy atom. The molecular weight excluding hydrogens is 270 g/mol. The topological polar surface area (TPSA) is 78.3 Å². The largest absolute Gasteiger partial charge is 0.381 e. The summed E-state index contributed by atoms with van der Waals surface area (Å²) in [5.74, 6) is 1.39. The van der Waals surface area contributed by atoms with E-state index < -0.39 is 0 Å². The van der Waals surface area contributed by atoms with Gasteiger partial charge in [-0.05, 0) is 26.3 Å². The zero-order valence-electron chi connectivity index (χ0n) is 11.9. The van der Waals surface area contributed by atoms with Crippen molar-refractivity contribution in [2.45, 2.75) is 26.2 Å². The smallest absolute Gasteiger partial charge is 0.263 e. The number of hydrogen-bond acceptors (Lipinski definition) is 6. The fourth-order valence-electron chi connectivity index (χ4n) is 2.67. The Morgan fingerprint density at radius 1 is 1.29 bits per heavy atom. The number of fused-ring (bicyclic) bond motifs is 1. The summed E-state index contributed by atoms with van der Waals surface area (Å²) < 4.78 is 12.5. The molecule has 4 rings (SSSR count). The second kappa shape index (κ2) is 4.63. The Hall–Kier alpha value is -2.28. The van der Waals surface area contributed by atoms with Crippen molar-refractivity contribution in [3.05, 3.63) is 29.5 Å². The van der Waals surface area contributed by atoms with Gasteiger partial charge in [-0.25, -0.2) is 9.50 Å². The molecule has 0 amide bonds. The van der Waals surface area contributed by atoms with Gasteiger partial charge in [0.15, 0.2) is 11.5 Å². The summed E-state index contributed by atoms with van der Waals surface area (Å²) in [6, 6.07) is 1.99. The van der Waals surface area contributed by atoms with E-state index in [0.717, 1.165) is 35.6 Å². The molecule has 0 bridgehead atoms. The van der Waals surface area contributed by atoms with E-state index in [1.807, 2.05) is 19.9 Å². The maximum absolute atomic E-state index is 5.40. The molecular formula is C14H15N5O2. The average molecular weight is 285 g/mol. The first-order valence-corrected chi connectivity index (χ1v) is 6.96. The maximum atomic E-state index is 5.40. The Kier molecular flexibility index (Phi) is 2.75. The molecule has 1 aliphatic rings. The summed E-state index contributed by atoms with van der Waals surface area (Å²) in [6.45, 7) is 5.36. The lowest BCUT2D eigenvalue weighted by Gasteiger charge is -2.00. The van der Waals surface area contributed by atoms with E-state index in [1.165, 1.54) is 0 Å². The highest BCUT2D eigenvalue weighted by Crippen LogP contribution is 2.27. The van der Waals surface area contributed by atoms with Gasteiger partial charge in [-0.2, -0.15) is 10.1 Å². The lowest BCUT2D eigenvalue weighted by atomic mass is 10.1. The lowest BCUT2D eigenvalue weighted by Crippen LogP contribution is -1.99. The molecule has 0 spiro atoms. The van der Waals surface area contributed by atoms with Gasteiger partial charge in [0.1, 0.15) is 5.56 Å². The second-order valence-corrected chi connectivity index (χ2v) is 5.35. The van der Waals surface area contributed by atoms with Crippen LogP contribution in [0.4, 0.5) is 0 Å². The highest BCUT2D eigenvalue weighted by molar-refractivity contribution is 5.71. The molecule has 4 heterocycles. The molecule has 1 saturated heterocycles. The molecule has 1 atom stereocenters. The molecule has 7 nitrogen and oxygen atoms in total. The predicted molar refractivity (Wildman–Crippen MR) is 73.9 cm³/mol. The van der Waals surface area contributed by atoms with E-state index in [9.17, 15) is 0 Å². The van der Waals surface area contributed by atoms with Crippen molar-refractivity contribution in [1.29, 1.82) is 0 Å². The van der Waals surface area contributed by atoms with Crippen LogP contribution in [0, 0.1) is 13.8 Å². The summed E-state index contributed by atoms with van der Waals surface area (Å²) in [5.41, 5.74) is 3.46. The van der Waals surface area contributed by atoms with E-state index >= 15 is 0 Å². The van der Waals surface area contributed by atoms with Gasteiger partial charge in [-0.3, -0.25) is 0 Å². The van der Waals surface area contributed by atoms with Crippen molar-refractivity contribution in [3.63, 3.8) is 0 Å². The van der Waals surface area contributed by atoms with Crippen molar-refractivity contribution in [3.8, 4) is 11.5 Å². The molecule has 7 heteroatoms. The number of aryl methyl sites for hydroxylation is 2. The Bertz CT molecular complexity index is 801. The Balaban J connectivity index is 1.79. The van der Waals surface area contributed by atoms with Crippen LogP contribution in [0.1, 0.15) is 29.6 Å². The van der Waals surface area contributed by atoms with Gasteiger partial charge >= 0.3 is 0 Å². The monoisotopic (exact) mass is 285 g/mol. The third-order valence-corrected chi connectivity index (χ3v) is 3.74. The third kappa shape index (κ3) is 2.01. The fourth-order valence-corrected chi connectivity index (χ4v) is 2.67. The van der Waals surface area contributed by atoms with Crippen LogP contribution in [0.15, 0.2) is 16.8 Å². The molecule has 1 fully saturated rings. The van der Waals surface area contributed by atoms with Crippen LogP contribution in [0.5, 0.6) is 0 Å². The number of hydrogen-bond donors (Lipinski definition) is 0. The van der Waals surface area contributed by atoms with E-state index in [0.29, 0.717) is 18.3 Å². The van der Waals surface area contributed by atoms with E-state index in [1.54, 1.807) is 10.7 Å². The van der Waals surface area contributed by atoms with Gasteiger partial charge in [0, 0.05) is 23.9 Å². The van der Waals surface area contributed by atoms with Gasteiger partial charge < -0.3 is 9.26 Å².